The summed E-state index contributed by atoms with van der Waals surface area (Å²) in [4.78, 5) is 28.6. The SMILES string of the molecule is CN(C)C1CCN(S(=O)(=O)N2C3CCC2CC(N2C(=O)Cc4cc(C(N)=O)c(Cl)cc42)C3)CC1. The fourth-order valence-electron chi connectivity index (χ4n) is 6.36. The van der Waals surface area contributed by atoms with Crippen LogP contribution in [0.2, 0.25) is 5.02 Å². The number of carbonyl (C=O) groups is 2. The second-order valence-electron chi connectivity index (χ2n) is 10.2. The van der Waals surface area contributed by atoms with E-state index in [4.69, 9.17) is 17.3 Å². The van der Waals surface area contributed by atoms with Gasteiger partial charge in [-0.05, 0) is 70.3 Å². The number of halogens is 1. The molecular formula is C23H32ClN5O4S. The molecule has 1 aromatic carbocycles. The van der Waals surface area contributed by atoms with E-state index in [-0.39, 0.29) is 41.0 Å². The average molecular weight is 510 g/mol. The molecule has 4 aliphatic rings. The molecule has 34 heavy (non-hydrogen) atoms. The van der Waals surface area contributed by atoms with Gasteiger partial charge in [-0.15, -0.1) is 0 Å². The molecule has 5 rings (SSSR count). The van der Waals surface area contributed by atoms with Crippen molar-refractivity contribution in [2.24, 2.45) is 5.73 Å². The Kier molecular flexibility index (Phi) is 6.17. The third-order valence-electron chi connectivity index (χ3n) is 8.06. The minimum atomic E-state index is -3.54. The minimum Gasteiger partial charge on any atom is -0.366 e. The first kappa shape index (κ1) is 24.0. The smallest absolute Gasteiger partial charge is 0.282 e. The van der Waals surface area contributed by atoms with Crippen molar-refractivity contribution in [1.82, 2.24) is 13.5 Å². The molecule has 4 heterocycles. The van der Waals surface area contributed by atoms with Crippen LogP contribution in [0.4, 0.5) is 5.69 Å². The molecule has 2 N–H and O–H groups in total. The molecule has 3 fully saturated rings. The number of nitrogens with zero attached hydrogens (tertiary/aromatic N) is 4. The maximum Gasteiger partial charge on any atom is 0.282 e. The molecule has 0 saturated carbocycles. The van der Waals surface area contributed by atoms with Crippen LogP contribution in [0, 0.1) is 0 Å². The van der Waals surface area contributed by atoms with E-state index >= 15 is 0 Å². The topological polar surface area (TPSA) is 107 Å². The Labute approximate surface area is 206 Å². The van der Waals surface area contributed by atoms with Crippen LogP contribution in [-0.2, 0) is 21.4 Å². The number of benzene rings is 1. The highest BCUT2D eigenvalue weighted by Gasteiger charge is 2.51. The zero-order chi connectivity index (χ0) is 24.4. The minimum absolute atomic E-state index is 0.0425. The van der Waals surface area contributed by atoms with E-state index in [1.807, 2.05) is 14.1 Å². The summed E-state index contributed by atoms with van der Waals surface area (Å²) in [6, 6.07) is 3.37. The number of hydrogen-bond acceptors (Lipinski definition) is 5. The predicted octanol–water partition coefficient (Wildman–Crippen LogP) is 1.59. The Morgan fingerprint density at radius 1 is 1.06 bits per heavy atom. The van der Waals surface area contributed by atoms with E-state index in [1.165, 1.54) is 0 Å². The molecule has 4 aliphatic heterocycles. The fourth-order valence-corrected chi connectivity index (χ4v) is 8.69. The summed E-state index contributed by atoms with van der Waals surface area (Å²) in [6.45, 7) is 1.09. The van der Waals surface area contributed by atoms with E-state index in [1.54, 1.807) is 25.6 Å². The molecule has 2 amide bonds. The van der Waals surface area contributed by atoms with E-state index < -0.39 is 16.1 Å². The molecule has 2 atom stereocenters. The van der Waals surface area contributed by atoms with Gasteiger partial charge in [0, 0.05) is 42.9 Å². The van der Waals surface area contributed by atoms with Crippen LogP contribution in [0.1, 0.15) is 54.4 Å². The average Bonchev–Trinajstić information content (AvgIpc) is 3.25. The van der Waals surface area contributed by atoms with Crippen LogP contribution in [0.5, 0.6) is 0 Å². The zero-order valence-electron chi connectivity index (χ0n) is 19.6. The summed E-state index contributed by atoms with van der Waals surface area (Å²) in [5, 5.41) is 0.232. The number of carbonyl (C=O) groups excluding carboxylic acids is 2. The highest BCUT2D eigenvalue weighted by molar-refractivity contribution is 7.86. The number of piperidine rings is 2. The van der Waals surface area contributed by atoms with Gasteiger partial charge < -0.3 is 15.5 Å². The lowest BCUT2D eigenvalue weighted by atomic mass is 9.97. The van der Waals surface area contributed by atoms with E-state index in [0.29, 0.717) is 37.7 Å². The Hall–Kier alpha value is -1.72. The fraction of sp³-hybridized carbons (Fsp3) is 0.652. The van der Waals surface area contributed by atoms with Crippen molar-refractivity contribution in [2.45, 2.75) is 69.1 Å². The van der Waals surface area contributed by atoms with Crippen molar-refractivity contribution >= 4 is 39.3 Å². The molecule has 2 bridgehead atoms. The Morgan fingerprint density at radius 3 is 2.24 bits per heavy atom. The van der Waals surface area contributed by atoms with Crippen LogP contribution < -0.4 is 10.6 Å². The number of fused-ring (bicyclic) bond motifs is 3. The van der Waals surface area contributed by atoms with Gasteiger partial charge in [0.05, 0.1) is 17.0 Å². The lowest BCUT2D eigenvalue weighted by Gasteiger charge is -2.44. The van der Waals surface area contributed by atoms with Crippen LogP contribution in [0.3, 0.4) is 0 Å². The second-order valence-corrected chi connectivity index (χ2v) is 12.4. The monoisotopic (exact) mass is 509 g/mol. The molecule has 0 spiro atoms. The summed E-state index contributed by atoms with van der Waals surface area (Å²) in [5.74, 6) is -0.663. The number of anilines is 1. The number of hydrogen-bond donors (Lipinski definition) is 1. The Bertz CT molecular complexity index is 1100. The number of rotatable bonds is 5. The molecule has 0 radical (unpaired) electrons. The van der Waals surface area contributed by atoms with Crippen molar-refractivity contribution in [3.8, 4) is 0 Å². The summed E-state index contributed by atoms with van der Waals surface area (Å²) < 4.78 is 30.6. The van der Waals surface area contributed by atoms with Gasteiger partial charge in [0.2, 0.25) is 11.8 Å². The molecule has 9 nitrogen and oxygen atoms in total. The lowest BCUT2D eigenvalue weighted by Crippen LogP contribution is -2.58. The van der Waals surface area contributed by atoms with Crippen molar-refractivity contribution in [3.63, 3.8) is 0 Å². The quantitative estimate of drug-likeness (QED) is 0.648. The first-order chi connectivity index (χ1) is 16.1. The van der Waals surface area contributed by atoms with Gasteiger partial charge in [0.1, 0.15) is 0 Å². The van der Waals surface area contributed by atoms with Crippen molar-refractivity contribution in [3.05, 3.63) is 28.3 Å². The Morgan fingerprint density at radius 2 is 1.68 bits per heavy atom. The molecule has 186 valence electrons. The molecule has 11 heteroatoms. The molecule has 3 saturated heterocycles. The van der Waals surface area contributed by atoms with Gasteiger partial charge in [0.15, 0.2) is 0 Å². The van der Waals surface area contributed by atoms with Gasteiger partial charge >= 0.3 is 0 Å². The van der Waals surface area contributed by atoms with Crippen molar-refractivity contribution < 1.29 is 18.0 Å². The summed E-state index contributed by atoms with van der Waals surface area (Å²) in [6.07, 6.45) is 4.70. The third-order valence-corrected chi connectivity index (χ3v) is 10.5. The molecule has 0 aromatic heterocycles. The zero-order valence-corrected chi connectivity index (χ0v) is 21.2. The van der Waals surface area contributed by atoms with E-state index in [0.717, 1.165) is 31.2 Å². The van der Waals surface area contributed by atoms with Gasteiger partial charge in [-0.1, -0.05) is 11.6 Å². The van der Waals surface area contributed by atoms with Crippen LogP contribution in [-0.4, -0.2) is 85.1 Å². The van der Waals surface area contributed by atoms with Crippen LogP contribution in [0.25, 0.3) is 0 Å². The number of amides is 2. The van der Waals surface area contributed by atoms with E-state index in [2.05, 4.69) is 4.90 Å². The highest BCUT2D eigenvalue weighted by Crippen LogP contribution is 2.44. The van der Waals surface area contributed by atoms with Gasteiger partial charge in [0.25, 0.3) is 10.2 Å². The molecule has 1 aromatic rings. The number of primary amides is 1. The maximum absolute atomic E-state index is 13.6. The summed E-state index contributed by atoms with van der Waals surface area (Å²) in [7, 11) is 0.542. The van der Waals surface area contributed by atoms with Crippen molar-refractivity contribution in [1.29, 1.82) is 0 Å². The standard InChI is InChI=1S/C23H32ClN5O4S/c1-26(2)15-5-7-27(8-6-15)34(32,33)29-16-3-4-17(29)12-18(11-16)28-21-13-20(24)19(23(25)31)9-14(21)10-22(28)30/h9,13,15-18H,3-8,10-12H2,1-2H3,(H2,25,31). The largest absolute Gasteiger partial charge is 0.366 e. The van der Waals surface area contributed by atoms with Crippen molar-refractivity contribution in [2.75, 3.05) is 32.1 Å². The maximum atomic E-state index is 13.6. The molecule has 0 aliphatic carbocycles. The lowest BCUT2D eigenvalue weighted by molar-refractivity contribution is -0.118. The third kappa shape index (κ3) is 3.93. The van der Waals surface area contributed by atoms with E-state index in [9.17, 15) is 18.0 Å². The normalized spacial score (nSPS) is 28.6. The number of nitrogens with two attached hydrogens (primary N) is 1. The first-order valence-corrected chi connectivity index (χ1v) is 13.7. The summed E-state index contributed by atoms with van der Waals surface area (Å²) in [5.41, 5.74) is 7.09. The van der Waals surface area contributed by atoms with Gasteiger partial charge in [-0.2, -0.15) is 17.0 Å². The van der Waals surface area contributed by atoms with Gasteiger partial charge in [-0.3, -0.25) is 9.59 Å². The first-order valence-electron chi connectivity index (χ1n) is 12.0. The highest BCUT2D eigenvalue weighted by atomic mass is 35.5. The van der Waals surface area contributed by atoms with Crippen LogP contribution >= 0.6 is 11.6 Å². The second kappa shape index (κ2) is 8.74. The molecule has 2 unspecified atom stereocenters. The predicted molar refractivity (Wildman–Crippen MR) is 130 cm³/mol. The van der Waals surface area contributed by atoms with Crippen LogP contribution in [0.15, 0.2) is 12.1 Å². The molecular weight excluding hydrogens is 478 g/mol. The Balaban J connectivity index is 1.34. The van der Waals surface area contributed by atoms with Gasteiger partial charge in [-0.25, -0.2) is 0 Å². The summed E-state index contributed by atoms with van der Waals surface area (Å²) >= 11 is 6.29.